The summed E-state index contributed by atoms with van der Waals surface area (Å²) in [5, 5.41) is 0.396. The molecule has 28 heavy (non-hydrogen) atoms. The first kappa shape index (κ1) is 19.5. The molecule has 0 aliphatic carbocycles. The molecule has 0 unspecified atom stereocenters. The van der Waals surface area contributed by atoms with Crippen molar-refractivity contribution < 1.29 is 23.4 Å². The van der Waals surface area contributed by atoms with Gasteiger partial charge in [-0.25, -0.2) is 4.79 Å². The van der Waals surface area contributed by atoms with Gasteiger partial charge in [0.05, 0.1) is 19.6 Å². The molecule has 1 atom stereocenters. The number of benzene rings is 2. The number of rotatable bonds is 5. The van der Waals surface area contributed by atoms with Crippen LogP contribution < -0.4 is 14.9 Å². The lowest BCUT2D eigenvalue weighted by atomic mass is 10.0. The van der Waals surface area contributed by atoms with Gasteiger partial charge in [-0.15, -0.1) is 0 Å². The maximum atomic E-state index is 13.2. The zero-order chi connectivity index (χ0) is 20.4. The Labute approximate surface area is 162 Å². The van der Waals surface area contributed by atoms with Crippen LogP contribution in [0.3, 0.4) is 0 Å². The first-order valence-electron chi connectivity index (χ1n) is 8.82. The quantitative estimate of drug-likeness (QED) is 0.620. The summed E-state index contributed by atoms with van der Waals surface area (Å²) in [5.74, 6) is 0.307. The maximum absolute atomic E-state index is 13.2. The van der Waals surface area contributed by atoms with E-state index in [1.807, 2.05) is 19.9 Å². The molecule has 2 aromatic carbocycles. The molecule has 0 radical (unpaired) electrons. The van der Waals surface area contributed by atoms with Gasteiger partial charge in [0.1, 0.15) is 11.3 Å². The molecule has 0 fully saturated rings. The van der Waals surface area contributed by atoms with E-state index in [4.69, 9.17) is 18.6 Å². The standard InChI is InChI=1S/C22H22O6/c1-12-10-17-18(11-13(12)2)28-20(15-6-8-16(25-4)9-7-15)21(19(17)23)27-14(3)22(24)26-5/h6-11,14H,1-5H3/t14-/m1/s1. The molecule has 1 heterocycles. The zero-order valence-electron chi connectivity index (χ0n) is 16.5. The SMILES string of the molecule is COC(=O)[C@@H](C)Oc1c(-c2ccc(OC)cc2)oc2cc(C)c(C)cc2c1=O. The lowest BCUT2D eigenvalue weighted by Gasteiger charge is -2.16. The Morgan fingerprint density at radius 2 is 1.68 bits per heavy atom. The van der Waals surface area contributed by atoms with Gasteiger partial charge in [0, 0.05) is 5.56 Å². The Balaban J connectivity index is 2.25. The summed E-state index contributed by atoms with van der Waals surface area (Å²) in [7, 11) is 2.84. The van der Waals surface area contributed by atoms with E-state index in [9.17, 15) is 9.59 Å². The topological polar surface area (TPSA) is 75.0 Å². The first-order chi connectivity index (χ1) is 13.3. The van der Waals surface area contributed by atoms with Crippen molar-refractivity contribution in [3.05, 3.63) is 57.7 Å². The summed E-state index contributed by atoms with van der Waals surface area (Å²) >= 11 is 0. The van der Waals surface area contributed by atoms with Gasteiger partial charge in [-0.2, -0.15) is 0 Å². The summed E-state index contributed by atoms with van der Waals surface area (Å²) in [6, 6.07) is 10.6. The van der Waals surface area contributed by atoms with Crippen LogP contribution in [0, 0.1) is 13.8 Å². The fourth-order valence-corrected chi connectivity index (χ4v) is 2.86. The maximum Gasteiger partial charge on any atom is 0.346 e. The van der Waals surface area contributed by atoms with Crippen molar-refractivity contribution in [2.75, 3.05) is 14.2 Å². The predicted molar refractivity (Wildman–Crippen MR) is 106 cm³/mol. The second-order valence-corrected chi connectivity index (χ2v) is 6.53. The molecule has 3 aromatic rings. The number of carbonyl (C=O) groups is 1. The van der Waals surface area contributed by atoms with Crippen LogP contribution in [-0.4, -0.2) is 26.3 Å². The van der Waals surface area contributed by atoms with E-state index in [0.29, 0.717) is 22.3 Å². The summed E-state index contributed by atoms with van der Waals surface area (Å²) < 4.78 is 21.7. The normalized spacial score (nSPS) is 11.9. The predicted octanol–water partition coefficient (Wildman–Crippen LogP) is 4.03. The van der Waals surface area contributed by atoms with E-state index >= 15 is 0 Å². The third-order valence-electron chi connectivity index (χ3n) is 4.64. The number of fused-ring (bicyclic) bond motifs is 1. The average molecular weight is 382 g/mol. The number of carbonyl (C=O) groups excluding carboxylic acids is 1. The van der Waals surface area contributed by atoms with Crippen molar-refractivity contribution in [2.45, 2.75) is 26.9 Å². The average Bonchev–Trinajstić information content (AvgIpc) is 2.70. The zero-order valence-corrected chi connectivity index (χ0v) is 16.5. The number of ether oxygens (including phenoxy) is 3. The molecule has 6 nitrogen and oxygen atoms in total. The van der Waals surface area contributed by atoms with Gasteiger partial charge in [0.15, 0.2) is 11.9 Å². The van der Waals surface area contributed by atoms with Crippen molar-refractivity contribution in [2.24, 2.45) is 0 Å². The Morgan fingerprint density at radius 3 is 2.29 bits per heavy atom. The second-order valence-electron chi connectivity index (χ2n) is 6.53. The first-order valence-corrected chi connectivity index (χ1v) is 8.82. The van der Waals surface area contributed by atoms with Crippen LogP contribution in [0.15, 0.2) is 45.6 Å². The van der Waals surface area contributed by atoms with Gasteiger partial charge in [-0.1, -0.05) is 0 Å². The lowest BCUT2D eigenvalue weighted by Crippen LogP contribution is -2.27. The van der Waals surface area contributed by atoms with Crippen LogP contribution in [0.25, 0.3) is 22.3 Å². The van der Waals surface area contributed by atoms with Gasteiger partial charge in [0.25, 0.3) is 0 Å². The third kappa shape index (κ3) is 3.58. The summed E-state index contributed by atoms with van der Waals surface area (Å²) in [5.41, 5.74) is 2.71. The van der Waals surface area contributed by atoms with Gasteiger partial charge < -0.3 is 18.6 Å². The van der Waals surface area contributed by atoms with Crippen molar-refractivity contribution in [1.29, 1.82) is 0 Å². The minimum absolute atomic E-state index is 0.0289. The molecule has 3 rings (SSSR count). The van der Waals surface area contributed by atoms with Crippen molar-refractivity contribution in [3.8, 4) is 22.8 Å². The molecule has 6 heteroatoms. The Bertz CT molecular complexity index is 1080. The minimum Gasteiger partial charge on any atom is -0.497 e. The Morgan fingerprint density at radius 1 is 1.04 bits per heavy atom. The van der Waals surface area contributed by atoms with Gasteiger partial charge in [-0.3, -0.25) is 4.79 Å². The molecular formula is C22H22O6. The Kier molecular flexibility index (Phi) is 5.40. The van der Waals surface area contributed by atoms with E-state index < -0.39 is 12.1 Å². The summed E-state index contributed by atoms with van der Waals surface area (Å²) in [6.45, 7) is 5.39. The van der Waals surface area contributed by atoms with Gasteiger partial charge >= 0.3 is 5.97 Å². The molecule has 0 bridgehead atoms. The molecule has 146 valence electrons. The molecule has 0 amide bonds. The molecule has 0 saturated heterocycles. The van der Waals surface area contributed by atoms with Crippen molar-refractivity contribution in [1.82, 2.24) is 0 Å². The van der Waals surface area contributed by atoms with E-state index in [2.05, 4.69) is 0 Å². The third-order valence-corrected chi connectivity index (χ3v) is 4.64. The number of aryl methyl sites for hydroxylation is 2. The van der Waals surface area contributed by atoms with Crippen LogP contribution in [0.4, 0.5) is 0 Å². The molecule has 0 saturated carbocycles. The summed E-state index contributed by atoms with van der Waals surface area (Å²) in [4.78, 5) is 25.0. The smallest absolute Gasteiger partial charge is 0.346 e. The monoisotopic (exact) mass is 382 g/mol. The fraction of sp³-hybridized carbons (Fsp3) is 0.273. The molecule has 0 N–H and O–H groups in total. The highest BCUT2D eigenvalue weighted by Gasteiger charge is 2.23. The van der Waals surface area contributed by atoms with Crippen LogP contribution in [-0.2, 0) is 9.53 Å². The molecular weight excluding hydrogens is 360 g/mol. The highest BCUT2D eigenvalue weighted by molar-refractivity contribution is 5.84. The molecule has 0 aliphatic heterocycles. The van der Waals surface area contributed by atoms with Crippen LogP contribution >= 0.6 is 0 Å². The van der Waals surface area contributed by atoms with Crippen LogP contribution in [0.5, 0.6) is 11.5 Å². The molecule has 1 aromatic heterocycles. The van der Waals surface area contributed by atoms with Gasteiger partial charge in [0.2, 0.25) is 11.2 Å². The summed E-state index contributed by atoms with van der Waals surface area (Å²) in [6.07, 6.45) is -0.964. The number of hydrogen-bond acceptors (Lipinski definition) is 6. The number of methoxy groups -OCH3 is 2. The highest BCUT2D eigenvalue weighted by atomic mass is 16.6. The van der Waals surface area contributed by atoms with E-state index in [0.717, 1.165) is 11.1 Å². The largest absolute Gasteiger partial charge is 0.497 e. The van der Waals surface area contributed by atoms with Gasteiger partial charge in [-0.05, 0) is 68.3 Å². The van der Waals surface area contributed by atoms with E-state index in [1.165, 1.54) is 14.0 Å². The van der Waals surface area contributed by atoms with Crippen molar-refractivity contribution >= 4 is 16.9 Å². The van der Waals surface area contributed by atoms with Crippen molar-refractivity contribution in [3.63, 3.8) is 0 Å². The Hall–Kier alpha value is -3.28. The highest BCUT2D eigenvalue weighted by Crippen LogP contribution is 2.33. The van der Waals surface area contributed by atoms with E-state index in [1.54, 1.807) is 37.4 Å². The number of hydrogen-bond donors (Lipinski definition) is 0. The fourth-order valence-electron chi connectivity index (χ4n) is 2.86. The molecule has 0 aliphatic rings. The lowest BCUT2D eigenvalue weighted by molar-refractivity contribution is -0.147. The number of esters is 1. The minimum atomic E-state index is -0.964. The second kappa shape index (κ2) is 7.76. The van der Waals surface area contributed by atoms with E-state index in [-0.39, 0.29) is 16.9 Å². The van der Waals surface area contributed by atoms with Crippen LogP contribution in [0.1, 0.15) is 18.1 Å². The molecule has 0 spiro atoms. The van der Waals surface area contributed by atoms with Crippen LogP contribution in [0.2, 0.25) is 0 Å².